The fourth-order valence-electron chi connectivity index (χ4n) is 1.65. The Morgan fingerprint density at radius 3 is 2.53 bits per heavy atom. The van der Waals surface area contributed by atoms with Crippen LogP contribution in [0.5, 0.6) is 5.75 Å². The van der Waals surface area contributed by atoms with Gasteiger partial charge in [0.2, 0.25) is 0 Å². The highest BCUT2D eigenvalue weighted by atomic mass is 79.9. The van der Waals surface area contributed by atoms with Crippen LogP contribution in [0.4, 0.5) is 4.39 Å². The lowest BCUT2D eigenvalue weighted by Gasteiger charge is -2.21. The molecule has 2 aromatic rings. The van der Waals surface area contributed by atoms with E-state index in [9.17, 15) is 4.39 Å². The summed E-state index contributed by atoms with van der Waals surface area (Å²) in [5.74, 6) is 0.110. The van der Waals surface area contributed by atoms with Gasteiger partial charge >= 0.3 is 0 Å². The van der Waals surface area contributed by atoms with Gasteiger partial charge in [-0.3, -0.25) is 0 Å². The lowest BCUT2D eigenvalue weighted by atomic mass is 10.1. The van der Waals surface area contributed by atoms with Crippen LogP contribution in [0.1, 0.15) is 17.9 Å². The summed E-state index contributed by atoms with van der Waals surface area (Å²) < 4.78 is 20.8. The molecule has 1 aromatic heterocycles. The molecule has 1 heterocycles. The van der Waals surface area contributed by atoms with E-state index in [2.05, 4.69) is 31.9 Å². The van der Waals surface area contributed by atoms with Gasteiger partial charge in [0.1, 0.15) is 17.7 Å². The molecule has 0 aliphatic carbocycles. The van der Waals surface area contributed by atoms with Gasteiger partial charge in [-0.15, -0.1) is 11.3 Å². The molecular weight excluding hydrogens is 397 g/mol. The van der Waals surface area contributed by atoms with Crippen LogP contribution in [-0.2, 0) is 0 Å². The molecule has 0 saturated heterocycles. The fourth-order valence-corrected chi connectivity index (χ4v) is 3.66. The topological polar surface area (TPSA) is 35.2 Å². The quantitative estimate of drug-likeness (QED) is 0.782. The van der Waals surface area contributed by atoms with Crippen LogP contribution in [0.2, 0.25) is 0 Å². The zero-order chi connectivity index (χ0) is 14.0. The Balaban J connectivity index is 2.26. The van der Waals surface area contributed by atoms with E-state index in [0.717, 1.165) is 8.66 Å². The number of nitrogens with two attached hydrogens (primary N) is 1. The van der Waals surface area contributed by atoms with E-state index in [0.29, 0.717) is 10.2 Å². The summed E-state index contributed by atoms with van der Waals surface area (Å²) in [6, 6.07) is 8.16. The minimum Gasteiger partial charge on any atom is -0.483 e. The van der Waals surface area contributed by atoms with E-state index in [1.807, 2.05) is 19.1 Å². The monoisotopic (exact) mass is 407 g/mol. The first-order valence-corrected chi connectivity index (χ1v) is 7.99. The van der Waals surface area contributed by atoms with E-state index >= 15 is 0 Å². The van der Waals surface area contributed by atoms with E-state index in [1.54, 1.807) is 17.4 Å². The molecule has 0 aliphatic rings. The Kier molecular flexibility index (Phi) is 5.00. The van der Waals surface area contributed by atoms with E-state index in [-0.39, 0.29) is 18.0 Å². The predicted molar refractivity (Wildman–Crippen MR) is 83.1 cm³/mol. The van der Waals surface area contributed by atoms with Crippen molar-refractivity contribution in [3.8, 4) is 5.75 Å². The van der Waals surface area contributed by atoms with Crippen LogP contribution in [0.3, 0.4) is 0 Å². The average molecular weight is 409 g/mol. The van der Waals surface area contributed by atoms with E-state index in [1.165, 1.54) is 12.1 Å². The van der Waals surface area contributed by atoms with Crippen LogP contribution in [-0.4, -0.2) is 6.04 Å². The summed E-state index contributed by atoms with van der Waals surface area (Å²) >= 11 is 8.22. The molecule has 0 radical (unpaired) electrons. The Morgan fingerprint density at radius 1 is 1.26 bits per heavy atom. The van der Waals surface area contributed by atoms with Crippen molar-refractivity contribution in [1.82, 2.24) is 0 Å². The zero-order valence-electron chi connectivity index (χ0n) is 10.1. The summed E-state index contributed by atoms with van der Waals surface area (Å²) in [4.78, 5) is 1.00. The summed E-state index contributed by atoms with van der Waals surface area (Å²) in [7, 11) is 0. The van der Waals surface area contributed by atoms with Crippen molar-refractivity contribution in [2.75, 3.05) is 0 Å². The number of thiophene rings is 1. The normalized spacial score (nSPS) is 14.2. The van der Waals surface area contributed by atoms with E-state index in [4.69, 9.17) is 10.5 Å². The third kappa shape index (κ3) is 4.02. The van der Waals surface area contributed by atoms with Crippen LogP contribution in [0, 0.1) is 5.82 Å². The largest absolute Gasteiger partial charge is 0.483 e. The first kappa shape index (κ1) is 15.0. The minimum atomic E-state index is -0.347. The van der Waals surface area contributed by atoms with Crippen molar-refractivity contribution >= 4 is 43.2 Å². The number of hydrogen-bond acceptors (Lipinski definition) is 3. The lowest BCUT2D eigenvalue weighted by molar-refractivity contribution is 0.183. The van der Waals surface area contributed by atoms with Gasteiger partial charge < -0.3 is 10.5 Å². The molecule has 2 unspecified atom stereocenters. The lowest BCUT2D eigenvalue weighted by Crippen LogP contribution is -2.28. The second kappa shape index (κ2) is 6.35. The summed E-state index contributed by atoms with van der Waals surface area (Å²) in [5.41, 5.74) is 5.96. The molecular formula is C13H12Br2FNOS. The molecule has 19 heavy (non-hydrogen) atoms. The SMILES string of the molecule is CC(N)C(Oc1cc(F)cc(Br)c1)c1ccc(Br)s1. The van der Waals surface area contributed by atoms with Gasteiger partial charge in [-0.25, -0.2) is 4.39 Å². The number of ether oxygens (including phenoxy) is 1. The third-order valence-corrected chi connectivity index (χ3v) is 4.59. The van der Waals surface area contributed by atoms with E-state index < -0.39 is 0 Å². The molecule has 0 bridgehead atoms. The molecule has 1 aromatic carbocycles. The summed E-state index contributed by atoms with van der Waals surface area (Å²) in [6.45, 7) is 1.87. The molecule has 2 rings (SSSR count). The Bertz CT molecular complexity index is 553. The van der Waals surface area contributed by atoms with Crippen LogP contribution in [0.25, 0.3) is 0 Å². The predicted octanol–water partition coefficient (Wildman–Crippen LogP) is 4.88. The first-order valence-electron chi connectivity index (χ1n) is 5.59. The molecule has 6 heteroatoms. The summed E-state index contributed by atoms with van der Waals surface area (Å²) in [5, 5.41) is 0. The molecule has 2 nitrogen and oxygen atoms in total. The highest BCUT2D eigenvalue weighted by Gasteiger charge is 2.20. The maximum Gasteiger partial charge on any atom is 0.148 e. The number of hydrogen-bond donors (Lipinski definition) is 1. The Morgan fingerprint density at radius 2 is 2.00 bits per heavy atom. The number of benzene rings is 1. The van der Waals surface area contributed by atoms with Gasteiger partial charge in [0.25, 0.3) is 0 Å². The highest BCUT2D eigenvalue weighted by Crippen LogP contribution is 2.33. The molecule has 0 saturated carbocycles. The smallest absolute Gasteiger partial charge is 0.148 e. The van der Waals surface area contributed by atoms with Crippen LogP contribution < -0.4 is 10.5 Å². The maximum atomic E-state index is 13.3. The van der Waals surface area contributed by atoms with Crippen molar-refractivity contribution in [1.29, 1.82) is 0 Å². The number of rotatable bonds is 4. The van der Waals surface area contributed by atoms with Gasteiger partial charge in [0.15, 0.2) is 0 Å². The van der Waals surface area contributed by atoms with Crippen molar-refractivity contribution in [2.24, 2.45) is 5.73 Å². The Hall–Kier alpha value is -0.430. The van der Waals surface area contributed by atoms with Crippen LogP contribution >= 0.6 is 43.2 Å². The van der Waals surface area contributed by atoms with Gasteiger partial charge in [0.05, 0.1) is 3.79 Å². The fraction of sp³-hybridized carbons (Fsp3) is 0.231. The van der Waals surface area contributed by atoms with Crippen molar-refractivity contribution in [3.63, 3.8) is 0 Å². The molecule has 0 amide bonds. The highest BCUT2D eigenvalue weighted by molar-refractivity contribution is 9.11. The van der Waals surface area contributed by atoms with Crippen molar-refractivity contribution in [2.45, 2.75) is 19.1 Å². The molecule has 2 N–H and O–H groups in total. The van der Waals surface area contributed by atoms with Gasteiger partial charge in [-0.2, -0.15) is 0 Å². The van der Waals surface area contributed by atoms with Crippen LogP contribution in [0.15, 0.2) is 38.6 Å². The Labute approximate surface area is 132 Å². The first-order chi connectivity index (χ1) is 8.95. The second-order valence-corrected chi connectivity index (χ2v) is 7.55. The summed E-state index contributed by atoms with van der Waals surface area (Å²) in [6.07, 6.45) is -0.301. The minimum absolute atomic E-state index is 0.201. The molecule has 0 spiro atoms. The zero-order valence-corrected chi connectivity index (χ0v) is 14.1. The molecule has 102 valence electrons. The second-order valence-electron chi connectivity index (χ2n) is 4.14. The van der Waals surface area contributed by atoms with Crippen molar-refractivity contribution < 1.29 is 9.13 Å². The number of halogens is 3. The van der Waals surface area contributed by atoms with Gasteiger partial charge in [-0.1, -0.05) is 15.9 Å². The molecule has 2 atom stereocenters. The standard InChI is InChI=1S/C13H12Br2FNOS/c1-7(17)13(11-2-3-12(15)19-11)18-10-5-8(14)4-9(16)6-10/h2-7,13H,17H2,1H3. The van der Waals surface area contributed by atoms with Crippen molar-refractivity contribution in [3.05, 3.63) is 49.3 Å². The van der Waals surface area contributed by atoms with Gasteiger partial charge in [-0.05, 0) is 47.1 Å². The average Bonchev–Trinajstić information content (AvgIpc) is 2.70. The maximum absolute atomic E-state index is 13.3. The molecule has 0 fully saturated rings. The third-order valence-electron chi connectivity index (χ3n) is 2.45. The molecule has 0 aliphatic heterocycles. The van der Waals surface area contributed by atoms with Gasteiger partial charge in [0, 0.05) is 21.5 Å².